The minimum absolute atomic E-state index is 0.0975. The number of unbranched alkanes of at least 4 members (excludes halogenated alkanes) is 3. The summed E-state index contributed by atoms with van der Waals surface area (Å²) in [5.74, 6) is 2.83. The molecule has 0 spiro atoms. The molecule has 0 bridgehead atoms. The van der Waals surface area contributed by atoms with Crippen LogP contribution in [0.25, 0.3) is 11.7 Å². The molecule has 0 aromatic carbocycles. The first kappa shape index (κ1) is 23.2. The number of rotatable bonds is 13. The van der Waals surface area contributed by atoms with Gasteiger partial charge in [-0.25, -0.2) is 4.98 Å². The number of imidazole rings is 1. The molecule has 0 atom stereocenters. The van der Waals surface area contributed by atoms with E-state index < -0.39 is 6.61 Å². The average molecular weight is 411 g/mol. The number of carbonyl (C=O) groups is 2. The number of amides is 1. The lowest BCUT2D eigenvalue weighted by Crippen LogP contribution is -2.25. The third-order valence-electron chi connectivity index (χ3n) is 4.64. The van der Waals surface area contributed by atoms with Crippen LogP contribution in [0.5, 0.6) is 0 Å². The topological polar surface area (TPSA) is 95.7 Å². The third kappa shape index (κ3) is 7.05. The van der Waals surface area contributed by atoms with Gasteiger partial charge in [-0.05, 0) is 36.6 Å². The second kappa shape index (κ2) is 12.5. The van der Waals surface area contributed by atoms with Crippen molar-refractivity contribution in [1.29, 1.82) is 0 Å². The summed E-state index contributed by atoms with van der Waals surface area (Å²) in [4.78, 5) is 27.9. The van der Waals surface area contributed by atoms with Gasteiger partial charge in [0.2, 0.25) is 5.91 Å². The van der Waals surface area contributed by atoms with Crippen molar-refractivity contribution < 1.29 is 14.7 Å². The quantitative estimate of drug-likeness (QED) is 0.268. The first-order valence-corrected chi connectivity index (χ1v) is 10.4. The SMILES string of the molecule is C#CCNC(=O)CCNc1c(CCCCCC)nc2cc(/C=C/C(=O)CO)ccn12. The standard InChI is InChI=1S/C23H30N4O3/c1-3-5-6-7-8-20-23(25-14-11-22(30)24-13-4-2)27-15-12-18(16-21(27)26-20)9-10-19(29)17-28/h2,9-10,12,15-16,25,28H,3,5-8,11,13-14,17H2,1H3,(H,24,30)/b10-9+. The molecule has 2 aromatic heterocycles. The summed E-state index contributed by atoms with van der Waals surface area (Å²) >= 11 is 0. The maximum absolute atomic E-state index is 11.8. The molecule has 7 heteroatoms. The number of hydrogen-bond acceptors (Lipinski definition) is 5. The van der Waals surface area contributed by atoms with Crippen LogP contribution in [0.2, 0.25) is 0 Å². The highest BCUT2D eigenvalue weighted by atomic mass is 16.3. The minimum Gasteiger partial charge on any atom is -0.388 e. The predicted molar refractivity (Wildman–Crippen MR) is 119 cm³/mol. The van der Waals surface area contributed by atoms with Gasteiger partial charge in [-0.1, -0.05) is 38.2 Å². The number of aliphatic hydroxyl groups is 1. The smallest absolute Gasteiger partial charge is 0.222 e. The van der Waals surface area contributed by atoms with Gasteiger partial charge in [0.05, 0.1) is 12.2 Å². The highest BCUT2D eigenvalue weighted by Gasteiger charge is 2.13. The van der Waals surface area contributed by atoms with E-state index in [0.29, 0.717) is 13.0 Å². The van der Waals surface area contributed by atoms with Crippen LogP contribution in [0.1, 0.15) is 50.3 Å². The largest absolute Gasteiger partial charge is 0.388 e. The van der Waals surface area contributed by atoms with Crippen molar-refractivity contribution in [3.63, 3.8) is 0 Å². The lowest BCUT2D eigenvalue weighted by molar-refractivity contribution is -0.120. The Morgan fingerprint density at radius 2 is 2.17 bits per heavy atom. The number of terminal acetylenes is 1. The van der Waals surface area contributed by atoms with E-state index in [1.165, 1.54) is 18.9 Å². The van der Waals surface area contributed by atoms with Crippen LogP contribution >= 0.6 is 0 Å². The number of fused-ring (bicyclic) bond motifs is 1. The predicted octanol–water partition coefficient (Wildman–Crippen LogP) is 2.58. The van der Waals surface area contributed by atoms with E-state index in [0.717, 1.165) is 42.0 Å². The highest BCUT2D eigenvalue weighted by Crippen LogP contribution is 2.22. The van der Waals surface area contributed by atoms with Gasteiger partial charge in [-0.2, -0.15) is 0 Å². The van der Waals surface area contributed by atoms with Crippen LogP contribution in [0.4, 0.5) is 5.82 Å². The molecule has 1 amide bonds. The molecule has 0 aliphatic rings. The maximum atomic E-state index is 11.8. The van der Waals surface area contributed by atoms with Gasteiger partial charge in [0, 0.05) is 19.2 Å². The zero-order chi connectivity index (χ0) is 21.8. The van der Waals surface area contributed by atoms with E-state index in [-0.39, 0.29) is 18.2 Å². The molecule has 3 N–H and O–H groups in total. The van der Waals surface area contributed by atoms with E-state index in [4.69, 9.17) is 16.5 Å². The highest BCUT2D eigenvalue weighted by molar-refractivity contribution is 5.94. The number of nitrogens with zero attached hydrogens (tertiary/aromatic N) is 2. The van der Waals surface area contributed by atoms with Gasteiger partial charge in [-0.3, -0.25) is 14.0 Å². The molecule has 30 heavy (non-hydrogen) atoms. The molecule has 0 fully saturated rings. The number of carbonyl (C=O) groups excluding carboxylic acids is 2. The number of aliphatic hydroxyl groups excluding tert-OH is 1. The maximum Gasteiger partial charge on any atom is 0.222 e. The van der Waals surface area contributed by atoms with E-state index in [1.54, 1.807) is 6.08 Å². The molecular weight excluding hydrogens is 380 g/mol. The molecule has 0 aliphatic carbocycles. The minimum atomic E-state index is -0.507. The van der Waals surface area contributed by atoms with Gasteiger partial charge in [0.15, 0.2) is 5.78 Å². The van der Waals surface area contributed by atoms with Crippen LogP contribution in [0.3, 0.4) is 0 Å². The Kier molecular flexibility index (Phi) is 9.62. The van der Waals surface area contributed by atoms with Crippen LogP contribution in [0, 0.1) is 12.3 Å². The first-order valence-electron chi connectivity index (χ1n) is 10.4. The second-order valence-corrected chi connectivity index (χ2v) is 7.02. The average Bonchev–Trinajstić information content (AvgIpc) is 3.10. The molecule has 2 rings (SSSR count). The molecule has 0 unspecified atom stereocenters. The van der Waals surface area contributed by atoms with Gasteiger partial charge in [-0.15, -0.1) is 6.42 Å². The number of anilines is 1. The zero-order valence-electron chi connectivity index (χ0n) is 17.5. The van der Waals surface area contributed by atoms with Gasteiger partial charge >= 0.3 is 0 Å². The lowest BCUT2D eigenvalue weighted by Gasteiger charge is -2.09. The first-order chi connectivity index (χ1) is 14.6. The second-order valence-electron chi connectivity index (χ2n) is 7.02. The molecule has 160 valence electrons. The molecule has 0 saturated heterocycles. The number of pyridine rings is 1. The Labute approximate surface area is 177 Å². The molecule has 0 saturated carbocycles. The number of nitrogens with one attached hydrogen (secondary N) is 2. The third-order valence-corrected chi connectivity index (χ3v) is 4.64. The van der Waals surface area contributed by atoms with E-state index in [2.05, 4.69) is 23.5 Å². The van der Waals surface area contributed by atoms with Gasteiger partial charge in [0.25, 0.3) is 0 Å². The fourth-order valence-electron chi connectivity index (χ4n) is 3.07. The van der Waals surface area contributed by atoms with Crippen LogP contribution in [-0.4, -0.2) is 45.9 Å². The van der Waals surface area contributed by atoms with Crippen LogP contribution in [0.15, 0.2) is 24.4 Å². The van der Waals surface area contributed by atoms with Crippen molar-refractivity contribution in [1.82, 2.24) is 14.7 Å². The summed E-state index contributed by atoms with van der Waals surface area (Å²) < 4.78 is 1.96. The number of aryl methyl sites for hydroxylation is 1. The van der Waals surface area contributed by atoms with E-state index in [1.807, 2.05) is 22.7 Å². The monoisotopic (exact) mass is 410 g/mol. The Hall–Kier alpha value is -3.11. The fourth-order valence-corrected chi connectivity index (χ4v) is 3.07. The van der Waals surface area contributed by atoms with Crippen molar-refractivity contribution in [3.8, 4) is 12.3 Å². The molecule has 0 radical (unpaired) electrons. The van der Waals surface area contributed by atoms with Crippen molar-refractivity contribution in [3.05, 3.63) is 35.7 Å². The van der Waals surface area contributed by atoms with Crippen molar-refractivity contribution in [2.75, 3.05) is 25.0 Å². The molecule has 0 aliphatic heterocycles. The van der Waals surface area contributed by atoms with Crippen LogP contribution in [-0.2, 0) is 16.0 Å². The Morgan fingerprint density at radius 3 is 2.90 bits per heavy atom. The molecule has 7 nitrogen and oxygen atoms in total. The summed E-state index contributed by atoms with van der Waals surface area (Å²) in [5.41, 5.74) is 2.55. The van der Waals surface area contributed by atoms with Crippen molar-refractivity contribution in [2.45, 2.75) is 45.4 Å². The number of aromatic nitrogens is 2. The summed E-state index contributed by atoms with van der Waals surface area (Å²) in [6.45, 7) is 2.37. The summed E-state index contributed by atoms with van der Waals surface area (Å²) in [7, 11) is 0. The lowest BCUT2D eigenvalue weighted by atomic mass is 10.1. The van der Waals surface area contributed by atoms with Crippen LogP contribution < -0.4 is 10.6 Å². The van der Waals surface area contributed by atoms with Gasteiger partial charge in [0.1, 0.15) is 18.1 Å². The Bertz CT molecular complexity index is 924. The molecule has 2 heterocycles. The number of ketones is 1. The van der Waals surface area contributed by atoms with Crippen molar-refractivity contribution >= 4 is 29.2 Å². The molecule has 2 aromatic rings. The summed E-state index contributed by atoms with van der Waals surface area (Å²) in [5, 5.41) is 14.9. The fraction of sp³-hybridized carbons (Fsp3) is 0.435. The van der Waals surface area contributed by atoms with E-state index >= 15 is 0 Å². The van der Waals surface area contributed by atoms with Crippen molar-refractivity contribution in [2.24, 2.45) is 0 Å². The Morgan fingerprint density at radius 1 is 1.33 bits per heavy atom. The number of hydrogen-bond donors (Lipinski definition) is 3. The summed E-state index contributed by atoms with van der Waals surface area (Å²) in [6, 6.07) is 3.77. The molecular formula is C23H30N4O3. The normalized spacial score (nSPS) is 11.0. The van der Waals surface area contributed by atoms with E-state index in [9.17, 15) is 9.59 Å². The zero-order valence-corrected chi connectivity index (χ0v) is 17.5. The Balaban J connectivity index is 2.18. The summed E-state index contributed by atoms with van der Waals surface area (Å²) in [6.07, 6.45) is 15.8. The van der Waals surface area contributed by atoms with Gasteiger partial charge < -0.3 is 15.7 Å².